The maximum atomic E-state index is 8.52. The predicted molar refractivity (Wildman–Crippen MR) is 56.2 cm³/mol. The highest BCUT2D eigenvalue weighted by molar-refractivity contribution is 5.39. The predicted octanol–water partition coefficient (Wildman–Crippen LogP) is 2.98. The maximum absolute atomic E-state index is 8.52. The van der Waals surface area contributed by atoms with Crippen molar-refractivity contribution in [3.63, 3.8) is 0 Å². The van der Waals surface area contributed by atoms with Gasteiger partial charge in [0.25, 0.3) is 0 Å². The molecule has 0 aliphatic rings. The zero-order valence-corrected chi connectivity index (χ0v) is 8.87. The third kappa shape index (κ3) is 2.50. The SMILES string of the molecule is Cc1cccc(C)c1OC(C)CC#N. The van der Waals surface area contributed by atoms with Gasteiger partial charge in [-0.3, -0.25) is 0 Å². The molecule has 2 nitrogen and oxygen atoms in total. The summed E-state index contributed by atoms with van der Waals surface area (Å²) in [6.45, 7) is 5.94. The summed E-state index contributed by atoms with van der Waals surface area (Å²) in [5.74, 6) is 0.912. The van der Waals surface area contributed by atoms with Gasteiger partial charge in [-0.05, 0) is 31.9 Å². The highest BCUT2D eigenvalue weighted by atomic mass is 16.5. The molecular weight excluding hydrogens is 174 g/mol. The number of benzene rings is 1. The lowest BCUT2D eigenvalue weighted by Crippen LogP contribution is -2.12. The summed E-state index contributed by atoms with van der Waals surface area (Å²) in [5.41, 5.74) is 2.24. The van der Waals surface area contributed by atoms with E-state index in [0.717, 1.165) is 16.9 Å². The fourth-order valence-corrected chi connectivity index (χ4v) is 1.36. The summed E-state index contributed by atoms with van der Waals surface area (Å²) >= 11 is 0. The van der Waals surface area contributed by atoms with Crippen LogP contribution < -0.4 is 4.74 Å². The summed E-state index contributed by atoms with van der Waals surface area (Å²) in [6, 6.07) is 8.14. The van der Waals surface area contributed by atoms with Gasteiger partial charge in [0.15, 0.2) is 0 Å². The van der Waals surface area contributed by atoms with E-state index in [0.29, 0.717) is 6.42 Å². The maximum Gasteiger partial charge on any atom is 0.125 e. The van der Waals surface area contributed by atoms with E-state index in [9.17, 15) is 0 Å². The number of aryl methyl sites for hydroxylation is 2. The Morgan fingerprint density at radius 2 is 1.93 bits per heavy atom. The first-order chi connectivity index (χ1) is 6.65. The molecule has 1 aromatic carbocycles. The molecule has 0 saturated carbocycles. The van der Waals surface area contributed by atoms with Crippen molar-refractivity contribution in [2.45, 2.75) is 33.3 Å². The molecule has 0 heterocycles. The van der Waals surface area contributed by atoms with Gasteiger partial charge >= 0.3 is 0 Å². The second-order valence-corrected chi connectivity index (χ2v) is 3.51. The molecule has 1 aromatic rings. The van der Waals surface area contributed by atoms with Crippen molar-refractivity contribution >= 4 is 0 Å². The van der Waals surface area contributed by atoms with Crippen LogP contribution in [0.4, 0.5) is 0 Å². The zero-order chi connectivity index (χ0) is 10.6. The molecule has 14 heavy (non-hydrogen) atoms. The van der Waals surface area contributed by atoms with Gasteiger partial charge < -0.3 is 4.74 Å². The Bertz CT molecular complexity index is 332. The molecule has 0 amide bonds. The molecule has 0 fully saturated rings. The van der Waals surface area contributed by atoms with Gasteiger partial charge in [0, 0.05) is 0 Å². The first-order valence-electron chi connectivity index (χ1n) is 4.75. The molecule has 1 rings (SSSR count). The highest BCUT2D eigenvalue weighted by Gasteiger charge is 2.07. The fraction of sp³-hybridized carbons (Fsp3) is 0.417. The summed E-state index contributed by atoms with van der Waals surface area (Å²) in [7, 11) is 0. The molecule has 0 bridgehead atoms. The topological polar surface area (TPSA) is 33.0 Å². The molecule has 74 valence electrons. The van der Waals surface area contributed by atoms with Crippen molar-refractivity contribution in [3.8, 4) is 11.8 Å². The molecule has 0 N–H and O–H groups in total. The molecule has 1 atom stereocenters. The van der Waals surface area contributed by atoms with Crippen LogP contribution in [0, 0.1) is 25.2 Å². The molecule has 0 radical (unpaired) electrons. The van der Waals surface area contributed by atoms with Crippen LogP contribution in [0.5, 0.6) is 5.75 Å². The molecule has 0 aromatic heterocycles. The van der Waals surface area contributed by atoms with E-state index in [1.54, 1.807) is 0 Å². The normalized spacial score (nSPS) is 11.9. The first-order valence-corrected chi connectivity index (χ1v) is 4.75. The standard InChI is InChI=1S/C12H15NO/c1-9-5-4-6-10(2)12(9)14-11(3)7-8-13/h4-6,11H,7H2,1-3H3. The minimum absolute atomic E-state index is 0.0419. The quantitative estimate of drug-likeness (QED) is 0.732. The molecule has 2 heteroatoms. The molecule has 0 saturated heterocycles. The van der Waals surface area contributed by atoms with Crippen LogP contribution in [-0.4, -0.2) is 6.10 Å². The van der Waals surface area contributed by atoms with Crippen LogP contribution in [-0.2, 0) is 0 Å². The molecule has 0 aliphatic carbocycles. The Balaban J connectivity index is 2.81. The minimum Gasteiger partial charge on any atom is -0.489 e. The lowest BCUT2D eigenvalue weighted by Gasteiger charge is -2.15. The number of hydrogen-bond acceptors (Lipinski definition) is 2. The summed E-state index contributed by atoms with van der Waals surface area (Å²) < 4.78 is 5.69. The Morgan fingerprint density at radius 3 is 2.43 bits per heavy atom. The average molecular weight is 189 g/mol. The fourth-order valence-electron chi connectivity index (χ4n) is 1.36. The second-order valence-electron chi connectivity index (χ2n) is 3.51. The van der Waals surface area contributed by atoms with Gasteiger partial charge in [0.1, 0.15) is 11.9 Å². The van der Waals surface area contributed by atoms with Crippen LogP contribution in [0.2, 0.25) is 0 Å². The monoisotopic (exact) mass is 189 g/mol. The average Bonchev–Trinajstić information content (AvgIpc) is 2.12. The van der Waals surface area contributed by atoms with E-state index >= 15 is 0 Å². The van der Waals surface area contributed by atoms with Gasteiger partial charge in [0.05, 0.1) is 12.5 Å². The van der Waals surface area contributed by atoms with E-state index < -0.39 is 0 Å². The molecule has 0 aliphatic heterocycles. The van der Waals surface area contributed by atoms with Crippen molar-refractivity contribution in [2.75, 3.05) is 0 Å². The smallest absolute Gasteiger partial charge is 0.125 e. The van der Waals surface area contributed by atoms with Gasteiger partial charge in [-0.15, -0.1) is 0 Å². The van der Waals surface area contributed by atoms with Crippen LogP contribution in [0.15, 0.2) is 18.2 Å². The van der Waals surface area contributed by atoms with Crippen molar-refractivity contribution in [3.05, 3.63) is 29.3 Å². The highest BCUT2D eigenvalue weighted by Crippen LogP contribution is 2.23. The molecule has 0 spiro atoms. The number of nitriles is 1. The lowest BCUT2D eigenvalue weighted by atomic mass is 10.1. The summed E-state index contributed by atoms with van der Waals surface area (Å²) in [6.07, 6.45) is 0.383. The van der Waals surface area contributed by atoms with Gasteiger partial charge in [-0.1, -0.05) is 18.2 Å². The van der Waals surface area contributed by atoms with Gasteiger partial charge in [0.2, 0.25) is 0 Å². The van der Waals surface area contributed by atoms with Crippen molar-refractivity contribution in [2.24, 2.45) is 0 Å². The Morgan fingerprint density at radius 1 is 1.36 bits per heavy atom. The Labute approximate surface area is 85.1 Å². The van der Waals surface area contributed by atoms with Crippen LogP contribution in [0.1, 0.15) is 24.5 Å². The van der Waals surface area contributed by atoms with Crippen molar-refractivity contribution < 1.29 is 4.74 Å². The van der Waals surface area contributed by atoms with Crippen molar-refractivity contribution in [1.29, 1.82) is 5.26 Å². The second kappa shape index (κ2) is 4.66. The Hall–Kier alpha value is -1.49. The molecular formula is C12H15NO. The summed E-state index contributed by atoms with van der Waals surface area (Å²) in [4.78, 5) is 0. The number of para-hydroxylation sites is 1. The van der Waals surface area contributed by atoms with E-state index in [-0.39, 0.29) is 6.10 Å². The van der Waals surface area contributed by atoms with E-state index in [4.69, 9.17) is 10.00 Å². The third-order valence-corrected chi connectivity index (χ3v) is 2.11. The minimum atomic E-state index is -0.0419. The van der Waals surface area contributed by atoms with Gasteiger partial charge in [-0.25, -0.2) is 0 Å². The third-order valence-electron chi connectivity index (χ3n) is 2.11. The van der Waals surface area contributed by atoms with Crippen LogP contribution in [0.3, 0.4) is 0 Å². The van der Waals surface area contributed by atoms with E-state index in [2.05, 4.69) is 6.07 Å². The van der Waals surface area contributed by atoms with Crippen LogP contribution in [0.25, 0.3) is 0 Å². The lowest BCUT2D eigenvalue weighted by molar-refractivity contribution is 0.224. The number of rotatable bonds is 3. The zero-order valence-electron chi connectivity index (χ0n) is 8.87. The number of nitrogens with zero attached hydrogens (tertiary/aromatic N) is 1. The van der Waals surface area contributed by atoms with E-state index in [1.807, 2.05) is 39.0 Å². The number of ether oxygens (including phenoxy) is 1. The van der Waals surface area contributed by atoms with Gasteiger partial charge in [-0.2, -0.15) is 5.26 Å². The van der Waals surface area contributed by atoms with Crippen LogP contribution >= 0.6 is 0 Å². The summed E-state index contributed by atoms with van der Waals surface area (Å²) in [5, 5.41) is 8.52. The Kier molecular flexibility index (Phi) is 3.53. The number of hydrogen-bond donors (Lipinski definition) is 0. The first kappa shape index (κ1) is 10.6. The molecule has 1 unspecified atom stereocenters. The van der Waals surface area contributed by atoms with Crippen molar-refractivity contribution in [1.82, 2.24) is 0 Å². The van der Waals surface area contributed by atoms with E-state index in [1.165, 1.54) is 0 Å². The largest absolute Gasteiger partial charge is 0.489 e.